The molecule has 5 heteroatoms. The van der Waals surface area contributed by atoms with Crippen LogP contribution in [0.2, 0.25) is 0 Å². The Morgan fingerprint density at radius 2 is 2.29 bits per heavy atom. The summed E-state index contributed by atoms with van der Waals surface area (Å²) in [5.41, 5.74) is 0.441. The van der Waals surface area contributed by atoms with Gasteiger partial charge in [0.25, 0.3) is 0 Å². The summed E-state index contributed by atoms with van der Waals surface area (Å²) in [4.78, 5) is 15.8. The van der Waals surface area contributed by atoms with E-state index in [-0.39, 0.29) is 11.1 Å². The molecule has 2 N–H and O–H groups in total. The van der Waals surface area contributed by atoms with Gasteiger partial charge in [0.1, 0.15) is 0 Å². The van der Waals surface area contributed by atoms with E-state index in [1.807, 2.05) is 0 Å². The lowest BCUT2D eigenvalue weighted by Crippen LogP contribution is -2.30. The van der Waals surface area contributed by atoms with Crippen LogP contribution in [0.15, 0.2) is 0 Å². The maximum absolute atomic E-state index is 10.9. The van der Waals surface area contributed by atoms with Crippen LogP contribution >= 0.6 is 11.3 Å². The van der Waals surface area contributed by atoms with Gasteiger partial charge in [0.2, 0.25) is 0 Å². The van der Waals surface area contributed by atoms with Crippen molar-refractivity contribution in [2.24, 2.45) is 5.41 Å². The van der Waals surface area contributed by atoms with Crippen molar-refractivity contribution in [1.82, 2.24) is 4.98 Å². The van der Waals surface area contributed by atoms with Crippen molar-refractivity contribution in [2.75, 3.05) is 5.32 Å². The molecule has 1 aromatic heterocycles. The lowest BCUT2D eigenvalue weighted by atomic mass is 9.87. The molecule has 1 fully saturated rings. The van der Waals surface area contributed by atoms with Crippen LogP contribution in [0.3, 0.4) is 0 Å². The molecule has 0 spiro atoms. The lowest BCUT2D eigenvalue weighted by molar-refractivity contribution is 0.0690. The Hall–Kier alpha value is -1.10. The van der Waals surface area contributed by atoms with Crippen molar-refractivity contribution in [3.63, 3.8) is 0 Å². The predicted octanol–water partition coefficient (Wildman–Crippen LogP) is 3.14. The summed E-state index contributed by atoms with van der Waals surface area (Å²) in [5, 5.41) is 13.1. The minimum Gasteiger partial charge on any atom is -0.476 e. The normalized spacial score (nSPS) is 22.6. The number of anilines is 1. The molecule has 1 aromatic rings. The monoisotopic (exact) mass is 254 g/mol. The Bertz CT molecular complexity index is 440. The molecular formula is C12H18N2O2S. The van der Waals surface area contributed by atoms with Gasteiger partial charge >= 0.3 is 5.97 Å². The summed E-state index contributed by atoms with van der Waals surface area (Å²) in [6, 6.07) is 0.398. The molecule has 0 aliphatic heterocycles. The lowest BCUT2D eigenvalue weighted by Gasteiger charge is -2.27. The van der Waals surface area contributed by atoms with Gasteiger partial charge in [-0.15, -0.1) is 11.3 Å². The van der Waals surface area contributed by atoms with E-state index in [1.54, 1.807) is 6.92 Å². The van der Waals surface area contributed by atoms with Crippen LogP contribution in [0, 0.1) is 12.3 Å². The minimum atomic E-state index is -0.947. The fourth-order valence-corrected chi connectivity index (χ4v) is 3.26. The van der Waals surface area contributed by atoms with Gasteiger partial charge in [-0.05, 0) is 25.2 Å². The molecule has 1 aliphatic rings. The number of carboxylic acid groups (broad SMARTS) is 1. The molecule has 1 heterocycles. The number of rotatable bonds is 3. The first-order valence-electron chi connectivity index (χ1n) is 5.87. The fraction of sp³-hybridized carbons (Fsp3) is 0.667. The Labute approximate surface area is 105 Å². The van der Waals surface area contributed by atoms with Crippen molar-refractivity contribution >= 4 is 22.4 Å². The molecule has 1 aliphatic carbocycles. The average molecular weight is 254 g/mol. The minimum absolute atomic E-state index is 0.174. The number of aromatic carboxylic acids is 1. The van der Waals surface area contributed by atoms with Crippen LogP contribution in [0.5, 0.6) is 0 Å². The summed E-state index contributed by atoms with van der Waals surface area (Å²) in [6.45, 7) is 6.29. The summed E-state index contributed by atoms with van der Waals surface area (Å²) < 4.78 is 0. The van der Waals surface area contributed by atoms with Gasteiger partial charge in [-0.2, -0.15) is 0 Å². The number of hydrogen-bond donors (Lipinski definition) is 2. The number of nitrogens with one attached hydrogen (secondary N) is 1. The molecule has 2 rings (SSSR count). The molecular weight excluding hydrogens is 236 g/mol. The Kier molecular flexibility index (Phi) is 3.12. The van der Waals surface area contributed by atoms with E-state index in [0.717, 1.165) is 16.4 Å². The molecule has 1 saturated carbocycles. The maximum Gasteiger partial charge on any atom is 0.355 e. The third kappa shape index (κ3) is 2.44. The van der Waals surface area contributed by atoms with Gasteiger partial charge < -0.3 is 10.4 Å². The maximum atomic E-state index is 10.9. The van der Waals surface area contributed by atoms with Crippen LogP contribution in [-0.2, 0) is 0 Å². The highest BCUT2D eigenvalue weighted by Gasteiger charge is 2.35. The largest absolute Gasteiger partial charge is 0.476 e. The Morgan fingerprint density at radius 3 is 2.76 bits per heavy atom. The quantitative estimate of drug-likeness (QED) is 0.870. The standard InChI is InChI=1S/C12H18N2O2S/c1-7-9(10(15)16)14-11(17-7)13-8-5-4-6-12(8,2)3/h8H,4-6H2,1-3H3,(H,13,14)(H,15,16). The zero-order chi connectivity index (χ0) is 12.6. The number of hydrogen-bond acceptors (Lipinski definition) is 4. The van der Waals surface area contributed by atoms with E-state index in [9.17, 15) is 4.79 Å². The third-order valence-electron chi connectivity index (χ3n) is 3.55. The SMILES string of the molecule is Cc1sc(NC2CCCC2(C)C)nc1C(=O)O. The number of carboxylic acids is 1. The van der Waals surface area contributed by atoms with E-state index < -0.39 is 5.97 Å². The molecule has 0 amide bonds. The summed E-state index contributed by atoms with van der Waals surface area (Å²) in [7, 11) is 0. The molecule has 0 bridgehead atoms. The van der Waals surface area contributed by atoms with Crippen LogP contribution in [0.25, 0.3) is 0 Å². The van der Waals surface area contributed by atoms with E-state index in [0.29, 0.717) is 6.04 Å². The van der Waals surface area contributed by atoms with Crippen LogP contribution in [-0.4, -0.2) is 22.1 Å². The van der Waals surface area contributed by atoms with Crippen molar-refractivity contribution in [3.8, 4) is 0 Å². The Balaban J connectivity index is 2.14. The zero-order valence-electron chi connectivity index (χ0n) is 10.4. The second kappa shape index (κ2) is 4.29. The van der Waals surface area contributed by atoms with Gasteiger partial charge in [-0.3, -0.25) is 0 Å². The second-order valence-corrected chi connectivity index (χ2v) is 6.51. The van der Waals surface area contributed by atoms with Crippen molar-refractivity contribution in [1.29, 1.82) is 0 Å². The molecule has 0 aromatic carbocycles. The summed E-state index contributed by atoms with van der Waals surface area (Å²) in [6.07, 6.45) is 3.57. The number of aromatic nitrogens is 1. The topological polar surface area (TPSA) is 62.2 Å². The molecule has 4 nitrogen and oxygen atoms in total. The molecule has 1 atom stereocenters. The van der Waals surface area contributed by atoms with E-state index in [4.69, 9.17) is 5.11 Å². The third-order valence-corrected chi connectivity index (χ3v) is 4.46. The highest BCUT2D eigenvalue weighted by Crippen LogP contribution is 2.39. The van der Waals surface area contributed by atoms with Gasteiger partial charge in [0, 0.05) is 10.9 Å². The van der Waals surface area contributed by atoms with Gasteiger partial charge in [-0.25, -0.2) is 9.78 Å². The van der Waals surface area contributed by atoms with Crippen molar-refractivity contribution in [2.45, 2.75) is 46.1 Å². The van der Waals surface area contributed by atoms with Crippen LogP contribution in [0.1, 0.15) is 48.5 Å². The average Bonchev–Trinajstić information content (AvgIpc) is 2.72. The number of thiazole rings is 1. The highest BCUT2D eigenvalue weighted by atomic mass is 32.1. The molecule has 17 heavy (non-hydrogen) atoms. The number of nitrogens with zero attached hydrogens (tertiary/aromatic N) is 1. The first kappa shape index (κ1) is 12.4. The van der Waals surface area contributed by atoms with Crippen molar-refractivity contribution < 1.29 is 9.90 Å². The van der Waals surface area contributed by atoms with Crippen molar-refractivity contribution in [3.05, 3.63) is 10.6 Å². The first-order valence-corrected chi connectivity index (χ1v) is 6.69. The highest BCUT2D eigenvalue weighted by molar-refractivity contribution is 7.15. The van der Waals surface area contributed by atoms with Crippen LogP contribution in [0.4, 0.5) is 5.13 Å². The molecule has 0 radical (unpaired) electrons. The van der Waals surface area contributed by atoms with Gasteiger partial charge in [0.15, 0.2) is 10.8 Å². The molecule has 94 valence electrons. The zero-order valence-corrected chi connectivity index (χ0v) is 11.2. The van der Waals surface area contributed by atoms with Gasteiger partial charge in [0.05, 0.1) is 0 Å². The molecule has 1 unspecified atom stereocenters. The summed E-state index contributed by atoms with van der Waals surface area (Å²) in [5.74, 6) is -0.947. The van der Waals surface area contributed by atoms with Crippen LogP contribution < -0.4 is 5.32 Å². The summed E-state index contributed by atoms with van der Waals surface area (Å²) >= 11 is 1.43. The van der Waals surface area contributed by atoms with Gasteiger partial charge in [-0.1, -0.05) is 20.3 Å². The van der Waals surface area contributed by atoms with E-state index in [1.165, 1.54) is 24.2 Å². The second-order valence-electron chi connectivity index (χ2n) is 5.31. The Morgan fingerprint density at radius 1 is 1.59 bits per heavy atom. The first-order chi connectivity index (χ1) is 7.90. The van der Waals surface area contributed by atoms with E-state index >= 15 is 0 Å². The number of aryl methyl sites for hydroxylation is 1. The predicted molar refractivity (Wildman–Crippen MR) is 68.9 cm³/mol. The van der Waals surface area contributed by atoms with E-state index in [2.05, 4.69) is 24.1 Å². The number of carbonyl (C=O) groups is 1. The smallest absolute Gasteiger partial charge is 0.355 e. The fourth-order valence-electron chi connectivity index (χ4n) is 2.40. The molecule has 0 saturated heterocycles.